The molecule has 12 nitrogen and oxygen atoms in total. The standard InChI is InChI=1S/C15H24O2.C14H22O2.C12H20O2.C11H18O2.C11H20O2.C10H18O2.6C2H6/c1-2-4-16-15(17-5-3-1)13-7-11-6-12(9-13)10-14(15)8-11;1-2-4-16-14(15-3-1)12-6-10-5-11(8-12)9-13(14)7-10;1-2-6-13-12(14-7-3-1)9-10-4-5-11(12)8-10;1-2-6-13-11(12-5-1)8-9-3-4-10(11)7-9;1-3-7-11(8-4-1)12-9-5-2-6-10-13-11;1-2-6-10(7-3-1)11-8-4-5-9-12-10;6*1-2/h11-14H,1-10H2;10-13H,1-9H2;10-11H,1-9H2;9-10H,1-8H2;1-10H2;1-9H2;6*1-2H3. The van der Waals surface area contributed by atoms with Crippen molar-refractivity contribution in [2.45, 2.75) is 394 Å². The highest BCUT2D eigenvalue weighted by molar-refractivity contribution is 5.06. The second-order valence-corrected chi connectivity index (χ2v) is 31.3. The quantitative estimate of drug-likeness (QED) is 0.230. The Kier molecular flexibility index (Phi) is 38.4. The van der Waals surface area contributed by atoms with Gasteiger partial charge in [-0.05, 0) is 260 Å². The van der Waals surface area contributed by atoms with Crippen LogP contribution < -0.4 is 0 Å². The van der Waals surface area contributed by atoms with Crippen LogP contribution in [0, 0.1) is 71.0 Å². The van der Waals surface area contributed by atoms with Crippen LogP contribution >= 0.6 is 0 Å². The molecule has 97 heavy (non-hydrogen) atoms. The van der Waals surface area contributed by atoms with Crippen molar-refractivity contribution < 1.29 is 56.8 Å². The minimum absolute atomic E-state index is 0.126. The monoisotopic (exact) mass is 1370 g/mol. The van der Waals surface area contributed by atoms with Crippen LogP contribution in [0.5, 0.6) is 0 Å². The molecule has 0 radical (unpaired) electrons. The molecule has 20 fully saturated rings. The van der Waals surface area contributed by atoms with Gasteiger partial charge in [-0.15, -0.1) is 0 Å². The van der Waals surface area contributed by atoms with E-state index in [0.717, 1.165) is 170 Å². The van der Waals surface area contributed by atoms with Gasteiger partial charge in [-0.25, -0.2) is 0 Å². The van der Waals surface area contributed by atoms with E-state index in [1.165, 1.54) is 250 Å². The highest BCUT2D eigenvalue weighted by atomic mass is 16.7. The molecule has 0 amide bonds. The number of hydrogen-bond acceptors (Lipinski definition) is 12. The molecule has 0 aromatic carbocycles. The van der Waals surface area contributed by atoms with Gasteiger partial charge in [0.2, 0.25) is 0 Å². The van der Waals surface area contributed by atoms with Crippen molar-refractivity contribution in [1.82, 2.24) is 0 Å². The lowest BCUT2D eigenvalue weighted by Gasteiger charge is -2.60. The first-order valence-electron chi connectivity index (χ1n) is 43.5. The maximum atomic E-state index is 6.33. The Labute approximate surface area is 598 Å². The summed E-state index contributed by atoms with van der Waals surface area (Å²) in [5, 5.41) is 0. The van der Waals surface area contributed by atoms with E-state index in [-0.39, 0.29) is 34.7 Å². The minimum atomic E-state index is -0.168. The van der Waals surface area contributed by atoms with Crippen LogP contribution in [0.2, 0.25) is 0 Å². The second kappa shape index (κ2) is 44.5. The molecule has 20 rings (SSSR count). The molecule has 4 atom stereocenters. The molecule has 12 heteroatoms. The lowest BCUT2D eigenvalue weighted by atomic mass is 9.53. The average molecular weight is 1370 g/mol. The Morgan fingerprint density at radius 1 is 0.186 bits per heavy atom. The van der Waals surface area contributed by atoms with E-state index in [0.29, 0.717) is 5.92 Å². The molecule has 14 saturated carbocycles. The molecule has 14 aliphatic carbocycles. The van der Waals surface area contributed by atoms with Crippen LogP contribution in [0.1, 0.15) is 359 Å². The molecule has 0 aromatic heterocycles. The third kappa shape index (κ3) is 22.5. The van der Waals surface area contributed by atoms with Gasteiger partial charge in [0.1, 0.15) is 0 Å². The highest BCUT2D eigenvalue weighted by Crippen LogP contribution is 2.62. The van der Waals surface area contributed by atoms with E-state index in [1.54, 1.807) is 0 Å². The number of rotatable bonds is 0. The number of fused-ring (bicyclic) bond motifs is 6. The van der Waals surface area contributed by atoms with Gasteiger partial charge in [-0.2, -0.15) is 0 Å². The number of hydrogen-bond donors (Lipinski definition) is 0. The zero-order chi connectivity index (χ0) is 69.3. The van der Waals surface area contributed by atoms with Gasteiger partial charge in [0.25, 0.3) is 0 Å². The van der Waals surface area contributed by atoms with Crippen molar-refractivity contribution >= 4 is 0 Å². The van der Waals surface area contributed by atoms with E-state index in [4.69, 9.17) is 56.8 Å². The molecule has 12 bridgehead atoms. The lowest BCUT2D eigenvalue weighted by molar-refractivity contribution is -0.342. The summed E-state index contributed by atoms with van der Waals surface area (Å²) in [5.74, 6) is 9.27. The van der Waals surface area contributed by atoms with E-state index in [2.05, 4.69) is 0 Å². The average Bonchev–Trinajstić information content (AvgIpc) is 1.35. The van der Waals surface area contributed by atoms with Gasteiger partial charge in [-0.1, -0.05) is 95.9 Å². The fourth-order valence-electron chi connectivity index (χ4n) is 21.5. The van der Waals surface area contributed by atoms with Gasteiger partial charge in [-0.3, -0.25) is 0 Å². The first kappa shape index (κ1) is 83.8. The maximum Gasteiger partial charge on any atom is 0.173 e. The van der Waals surface area contributed by atoms with Crippen molar-refractivity contribution in [3.63, 3.8) is 0 Å². The highest BCUT2D eigenvalue weighted by Gasteiger charge is 2.61. The van der Waals surface area contributed by atoms with Gasteiger partial charge < -0.3 is 56.8 Å². The van der Waals surface area contributed by atoms with Crippen molar-refractivity contribution in [1.29, 1.82) is 0 Å². The van der Waals surface area contributed by atoms with E-state index in [9.17, 15) is 0 Å². The van der Waals surface area contributed by atoms with Crippen LogP contribution in [-0.4, -0.2) is 114 Å². The molecule has 4 unspecified atom stereocenters. The first-order chi connectivity index (χ1) is 47.8. The molecular formula is C85H158O12. The summed E-state index contributed by atoms with van der Waals surface area (Å²) in [5.41, 5.74) is 0. The predicted molar refractivity (Wildman–Crippen MR) is 396 cm³/mol. The molecule has 6 heterocycles. The van der Waals surface area contributed by atoms with Crippen LogP contribution in [0.15, 0.2) is 0 Å². The van der Waals surface area contributed by atoms with Gasteiger partial charge >= 0.3 is 0 Å². The van der Waals surface area contributed by atoms with Crippen LogP contribution in [-0.2, 0) is 56.8 Å². The van der Waals surface area contributed by atoms with Crippen LogP contribution in [0.4, 0.5) is 0 Å². The summed E-state index contributed by atoms with van der Waals surface area (Å²) >= 11 is 0. The molecule has 6 saturated heterocycles. The smallest absolute Gasteiger partial charge is 0.173 e. The topological polar surface area (TPSA) is 111 Å². The first-order valence-corrected chi connectivity index (χ1v) is 43.5. The summed E-state index contributed by atoms with van der Waals surface area (Å²) in [6.07, 6.45) is 55.2. The van der Waals surface area contributed by atoms with E-state index in [1.807, 2.05) is 83.1 Å². The largest absolute Gasteiger partial charge is 0.350 e. The molecule has 6 aliphatic heterocycles. The summed E-state index contributed by atoms with van der Waals surface area (Å²) in [6.45, 7) is 35.0. The summed E-state index contributed by atoms with van der Waals surface area (Å²) in [7, 11) is 0. The molecule has 6 spiro atoms. The van der Waals surface area contributed by atoms with Gasteiger partial charge in [0.05, 0.1) is 79.3 Å². The Balaban J connectivity index is 0.000000159. The van der Waals surface area contributed by atoms with E-state index < -0.39 is 0 Å². The van der Waals surface area contributed by atoms with Crippen molar-refractivity contribution in [2.75, 3.05) is 79.3 Å². The second-order valence-electron chi connectivity index (χ2n) is 31.3. The Hall–Kier alpha value is -0.480. The Bertz CT molecular complexity index is 1890. The van der Waals surface area contributed by atoms with Crippen molar-refractivity contribution in [2.24, 2.45) is 71.0 Å². The normalized spacial score (nSPS) is 36.2. The predicted octanol–water partition coefficient (Wildman–Crippen LogP) is 22.9. The molecule has 0 aromatic rings. The summed E-state index contributed by atoms with van der Waals surface area (Å²) in [6, 6.07) is 0. The van der Waals surface area contributed by atoms with Gasteiger partial charge in [0.15, 0.2) is 34.7 Å². The van der Waals surface area contributed by atoms with Crippen LogP contribution in [0.25, 0.3) is 0 Å². The zero-order valence-corrected chi connectivity index (χ0v) is 65.7. The fourth-order valence-corrected chi connectivity index (χ4v) is 21.5. The van der Waals surface area contributed by atoms with Crippen molar-refractivity contribution in [3.05, 3.63) is 0 Å². The third-order valence-corrected chi connectivity index (χ3v) is 25.4. The molecule has 20 aliphatic rings. The Morgan fingerprint density at radius 2 is 0.392 bits per heavy atom. The molecular weight excluding hydrogens is 1210 g/mol. The molecule has 0 N–H and O–H groups in total. The third-order valence-electron chi connectivity index (χ3n) is 25.4. The summed E-state index contributed by atoms with van der Waals surface area (Å²) in [4.78, 5) is 0. The van der Waals surface area contributed by atoms with E-state index >= 15 is 0 Å². The minimum Gasteiger partial charge on any atom is -0.350 e. The van der Waals surface area contributed by atoms with Crippen molar-refractivity contribution in [3.8, 4) is 0 Å². The fraction of sp³-hybridized carbons (Fsp3) is 1.00. The SMILES string of the molecule is C1CCC2(CC1)OCCCCO2.C1CCOC2(CC3CCC2C3)OC1.C1CCOC2(CC3CCC2C3)OCC1.C1CCOC2(CCCCC2)OCC1.C1CCOC2(OC1)C1CC3CC(C1)CC2C3.C1CCOC2(OCC1)C1CC3CC(C1)CC2C3.CC.CC.CC.CC.CC.CC. The zero-order valence-electron chi connectivity index (χ0n) is 65.7. The van der Waals surface area contributed by atoms with Crippen LogP contribution in [0.3, 0.4) is 0 Å². The number of ether oxygens (including phenoxy) is 12. The summed E-state index contributed by atoms with van der Waals surface area (Å²) < 4.78 is 72.5. The Morgan fingerprint density at radius 3 is 0.619 bits per heavy atom. The maximum absolute atomic E-state index is 6.33. The van der Waals surface area contributed by atoms with Gasteiger partial charge in [0, 0.05) is 74.0 Å². The lowest BCUT2D eigenvalue weighted by Crippen LogP contribution is -2.60. The molecule has 570 valence electrons.